The van der Waals surface area contributed by atoms with Crippen LogP contribution in [-0.2, 0) is 0 Å². The molecule has 0 saturated heterocycles. The lowest BCUT2D eigenvalue weighted by atomic mass is 10.1. The number of para-hydroxylation sites is 1. The number of anilines is 1. The fourth-order valence-electron chi connectivity index (χ4n) is 3.85. The number of fused-ring (bicyclic) bond motifs is 2. The van der Waals surface area contributed by atoms with Gasteiger partial charge in [-0.15, -0.1) is 0 Å². The molecule has 0 spiro atoms. The predicted octanol–water partition coefficient (Wildman–Crippen LogP) is 1.77. The lowest BCUT2D eigenvalue weighted by molar-refractivity contribution is 0.254. The molecule has 5 aromatic rings. The first kappa shape index (κ1) is 19.8. The third kappa shape index (κ3) is 3.09. The number of nitrogens with zero attached hydrogens (tertiary/aromatic N) is 6. The summed E-state index contributed by atoms with van der Waals surface area (Å²) in [7, 11) is 0. The molecule has 0 radical (unpaired) electrons. The summed E-state index contributed by atoms with van der Waals surface area (Å²) >= 11 is 0. The number of aromatic nitrogens is 6. The Balaban J connectivity index is 1.78. The number of aliphatic hydroxyl groups excluding tert-OH is 1. The van der Waals surface area contributed by atoms with E-state index in [2.05, 4.69) is 19.9 Å². The van der Waals surface area contributed by atoms with E-state index in [1.54, 1.807) is 6.07 Å². The minimum Gasteiger partial charge on any atom is -0.394 e. The second kappa shape index (κ2) is 7.84. The molecule has 0 fully saturated rings. The summed E-state index contributed by atoms with van der Waals surface area (Å²) in [4.78, 5) is 33.9. The number of aromatic amines is 1. The molecular weight excluding hydrogens is 408 g/mol. The van der Waals surface area contributed by atoms with Crippen LogP contribution in [0.1, 0.15) is 17.4 Å². The molecule has 0 aliphatic rings. The summed E-state index contributed by atoms with van der Waals surface area (Å²) in [6.45, 7) is 1.46. The topological polar surface area (TPSA) is 139 Å². The van der Waals surface area contributed by atoms with E-state index in [-0.39, 0.29) is 11.4 Å². The van der Waals surface area contributed by atoms with Crippen molar-refractivity contribution in [2.45, 2.75) is 13.0 Å². The number of imidazole rings is 1. The van der Waals surface area contributed by atoms with E-state index < -0.39 is 12.6 Å². The van der Waals surface area contributed by atoms with Crippen LogP contribution in [0.15, 0.2) is 66.0 Å². The highest BCUT2D eigenvalue weighted by molar-refractivity contribution is 5.83. The van der Waals surface area contributed by atoms with Crippen molar-refractivity contribution in [1.29, 1.82) is 0 Å². The Morgan fingerprint density at radius 2 is 1.94 bits per heavy atom. The quantitative estimate of drug-likeness (QED) is 0.284. The summed E-state index contributed by atoms with van der Waals surface area (Å²) in [6, 6.07) is 13.8. The summed E-state index contributed by atoms with van der Waals surface area (Å²) in [5.74, 6) is 7.07. The molecule has 10 heteroatoms. The maximum Gasteiger partial charge on any atom is 0.266 e. The van der Waals surface area contributed by atoms with Crippen LogP contribution in [0.4, 0.5) is 5.82 Å². The molecule has 3 heterocycles. The molecule has 3 aromatic heterocycles. The number of H-pyrrole nitrogens is 1. The van der Waals surface area contributed by atoms with Gasteiger partial charge < -0.3 is 10.1 Å². The molecule has 10 nitrogen and oxygen atoms in total. The van der Waals surface area contributed by atoms with Crippen molar-refractivity contribution in [3.63, 3.8) is 0 Å². The maximum atomic E-state index is 13.7. The summed E-state index contributed by atoms with van der Waals surface area (Å²) in [5, 5.41) is 12.2. The minimum absolute atomic E-state index is 0.240. The number of rotatable bonds is 5. The van der Waals surface area contributed by atoms with Gasteiger partial charge in [0.1, 0.15) is 23.7 Å². The molecule has 4 N–H and O–H groups in total. The van der Waals surface area contributed by atoms with E-state index in [0.29, 0.717) is 33.6 Å². The highest BCUT2D eigenvalue weighted by atomic mass is 16.3. The Bertz CT molecular complexity index is 1480. The Morgan fingerprint density at radius 3 is 2.72 bits per heavy atom. The number of hydrogen-bond acceptors (Lipinski definition) is 8. The molecule has 1 unspecified atom stereocenters. The number of benzene rings is 2. The van der Waals surface area contributed by atoms with Gasteiger partial charge in [0.25, 0.3) is 5.56 Å². The molecule has 5 rings (SSSR count). The molecule has 32 heavy (non-hydrogen) atoms. The van der Waals surface area contributed by atoms with Crippen molar-refractivity contribution in [3.05, 3.63) is 82.9 Å². The Hall–Kier alpha value is -4.15. The van der Waals surface area contributed by atoms with Gasteiger partial charge >= 0.3 is 0 Å². The first-order valence-corrected chi connectivity index (χ1v) is 9.96. The van der Waals surface area contributed by atoms with Crippen molar-refractivity contribution in [1.82, 2.24) is 29.5 Å². The van der Waals surface area contributed by atoms with Gasteiger partial charge in [0.15, 0.2) is 11.5 Å². The van der Waals surface area contributed by atoms with Crippen molar-refractivity contribution in [2.75, 3.05) is 11.6 Å². The Morgan fingerprint density at radius 1 is 1.12 bits per heavy atom. The summed E-state index contributed by atoms with van der Waals surface area (Å²) in [6.07, 6.45) is 2.83. The largest absolute Gasteiger partial charge is 0.394 e. The average molecular weight is 428 g/mol. The zero-order valence-corrected chi connectivity index (χ0v) is 17.2. The second-order valence-electron chi connectivity index (χ2n) is 7.32. The number of nitrogens with one attached hydrogen (secondary N) is 1. The van der Waals surface area contributed by atoms with Gasteiger partial charge in [0, 0.05) is 0 Å². The fourth-order valence-corrected chi connectivity index (χ4v) is 3.85. The number of aryl methyl sites for hydroxylation is 1. The van der Waals surface area contributed by atoms with Gasteiger partial charge in [-0.25, -0.2) is 25.8 Å². The number of hydrazine groups is 1. The molecule has 2 aromatic carbocycles. The van der Waals surface area contributed by atoms with Crippen LogP contribution < -0.4 is 16.4 Å². The van der Waals surface area contributed by atoms with E-state index >= 15 is 0 Å². The van der Waals surface area contributed by atoms with Crippen LogP contribution in [0.5, 0.6) is 0 Å². The smallest absolute Gasteiger partial charge is 0.266 e. The molecule has 0 aliphatic heterocycles. The average Bonchev–Trinajstić information content (AvgIpc) is 3.29. The van der Waals surface area contributed by atoms with Crippen molar-refractivity contribution >= 4 is 27.9 Å². The molecule has 0 aliphatic carbocycles. The van der Waals surface area contributed by atoms with E-state index in [4.69, 9.17) is 10.8 Å². The third-order valence-corrected chi connectivity index (χ3v) is 5.40. The highest BCUT2D eigenvalue weighted by Gasteiger charge is 2.28. The molecular formula is C22H20N8O2. The maximum absolute atomic E-state index is 13.7. The van der Waals surface area contributed by atoms with Crippen LogP contribution >= 0.6 is 0 Å². The van der Waals surface area contributed by atoms with Crippen molar-refractivity contribution in [2.24, 2.45) is 5.84 Å². The standard InChI is InChI=1S/C22H20N8O2/c1-13-6-5-9-15-17(13)22(32)29(14-7-3-2-4-8-14)20(28-15)16(10-31)30(23)21-18-19(25-11-24-18)26-12-27-21/h2-9,11-12,16,31H,10,23H2,1H3,(H,24,25,26,27). The van der Waals surface area contributed by atoms with E-state index in [0.717, 1.165) is 5.56 Å². The van der Waals surface area contributed by atoms with Gasteiger partial charge in [-0.05, 0) is 30.7 Å². The molecule has 160 valence electrons. The van der Waals surface area contributed by atoms with Crippen LogP contribution in [-0.4, -0.2) is 41.2 Å². The number of aliphatic hydroxyl groups is 1. The fraction of sp³-hybridized carbons (Fsp3) is 0.136. The first-order valence-electron chi connectivity index (χ1n) is 9.96. The lowest BCUT2D eigenvalue weighted by Gasteiger charge is -2.28. The first-order chi connectivity index (χ1) is 15.6. The number of nitrogens with two attached hydrogens (primary N) is 1. The second-order valence-corrected chi connectivity index (χ2v) is 7.32. The summed E-state index contributed by atoms with van der Waals surface area (Å²) < 4.78 is 1.49. The highest BCUT2D eigenvalue weighted by Crippen LogP contribution is 2.27. The molecule has 0 amide bonds. The van der Waals surface area contributed by atoms with Crippen LogP contribution in [0.25, 0.3) is 27.8 Å². The van der Waals surface area contributed by atoms with Crippen LogP contribution in [0, 0.1) is 6.92 Å². The van der Waals surface area contributed by atoms with Crippen molar-refractivity contribution in [3.8, 4) is 5.69 Å². The molecule has 0 saturated carbocycles. The normalized spacial score (nSPS) is 12.3. The SMILES string of the molecule is Cc1cccc2nc(C(CO)N(N)c3ncnc4nc[nH]c34)n(-c3ccccc3)c(=O)c12. The summed E-state index contributed by atoms with van der Waals surface area (Å²) in [5.41, 5.74) is 2.67. The number of hydrogen-bond donors (Lipinski definition) is 3. The Kier molecular flexibility index (Phi) is 4.85. The zero-order chi connectivity index (χ0) is 22.2. The van der Waals surface area contributed by atoms with Gasteiger partial charge in [-0.2, -0.15) is 0 Å². The van der Waals surface area contributed by atoms with Crippen LogP contribution in [0.3, 0.4) is 0 Å². The van der Waals surface area contributed by atoms with Gasteiger partial charge in [-0.1, -0.05) is 30.3 Å². The van der Waals surface area contributed by atoms with Gasteiger partial charge in [0.2, 0.25) is 0 Å². The van der Waals surface area contributed by atoms with E-state index in [1.165, 1.54) is 22.2 Å². The minimum atomic E-state index is -0.880. The predicted molar refractivity (Wildman–Crippen MR) is 120 cm³/mol. The Labute approximate surface area is 182 Å². The van der Waals surface area contributed by atoms with Crippen molar-refractivity contribution < 1.29 is 5.11 Å². The van der Waals surface area contributed by atoms with E-state index in [1.807, 2.05) is 49.4 Å². The zero-order valence-electron chi connectivity index (χ0n) is 17.2. The van der Waals surface area contributed by atoms with Gasteiger partial charge in [0.05, 0.1) is 29.5 Å². The molecule has 0 bridgehead atoms. The van der Waals surface area contributed by atoms with Gasteiger partial charge in [-0.3, -0.25) is 14.4 Å². The lowest BCUT2D eigenvalue weighted by Crippen LogP contribution is -2.41. The monoisotopic (exact) mass is 428 g/mol. The van der Waals surface area contributed by atoms with E-state index in [9.17, 15) is 9.90 Å². The van der Waals surface area contributed by atoms with Crippen LogP contribution in [0.2, 0.25) is 0 Å². The molecule has 1 atom stereocenters. The third-order valence-electron chi connectivity index (χ3n) is 5.40.